The topological polar surface area (TPSA) is 6.48 Å². The van der Waals surface area contributed by atoms with Gasteiger partial charge in [0.05, 0.1) is 0 Å². The summed E-state index contributed by atoms with van der Waals surface area (Å²) in [6.07, 6.45) is 3.11. The maximum Gasteiger partial charge on any atom is 0.0264 e. The van der Waals surface area contributed by atoms with Crippen LogP contribution in [-0.2, 0) is 13.1 Å². The number of nitrogens with zero attached hydrogens (tertiary/aromatic N) is 2. The van der Waals surface area contributed by atoms with Crippen molar-refractivity contribution in [2.24, 2.45) is 0 Å². The Labute approximate surface area is 146 Å². The van der Waals surface area contributed by atoms with Gasteiger partial charge in [-0.15, -0.1) is 6.58 Å². The first-order chi connectivity index (χ1) is 11.8. The van der Waals surface area contributed by atoms with E-state index in [4.69, 9.17) is 0 Å². The molecule has 0 aliphatic carbocycles. The Morgan fingerprint density at radius 3 is 2.08 bits per heavy atom. The highest BCUT2D eigenvalue weighted by Crippen LogP contribution is 2.23. The molecule has 0 radical (unpaired) electrons. The largest absolute Gasteiger partial charge is 0.296 e. The highest BCUT2D eigenvalue weighted by Gasteiger charge is 2.31. The molecule has 1 saturated heterocycles. The molecule has 2 aromatic carbocycles. The van der Waals surface area contributed by atoms with Crippen LogP contribution in [0.25, 0.3) is 0 Å². The van der Waals surface area contributed by atoms with Crippen LogP contribution in [0.2, 0.25) is 0 Å². The van der Waals surface area contributed by atoms with E-state index in [1.54, 1.807) is 0 Å². The lowest BCUT2D eigenvalue weighted by Crippen LogP contribution is -2.56. The molecule has 0 N–H and O–H groups in total. The summed E-state index contributed by atoms with van der Waals surface area (Å²) < 4.78 is 0. The van der Waals surface area contributed by atoms with Crippen LogP contribution in [0.4, 0.5) is 0 Å². The van der Waals surface area contributed by atoms with Gasteiger partial charge >= 0.3 is 0 Å². The van der Waals surface area contributed by atoms with Crippen LogP contribution < -0.4 is 0 Å². The molecular weight excluding hydrogens is 292 g/mol. The summed E-state index contributed by atoms with van der Waals surface area (Å²) in [6, 6.07) is 22.7. The highest BCUT2D eigenvalue weighted by molar-refractivity contribution is 5.16. The fourth-order valence-electron chi connectivity index (χ4n) is 3.77. The van der Waals surface area contributed by atoms with Crippen molar-refractivity contribution in [3.05, 3.63) is 84.4 Å². The Morgan fingerprint density at radius 2 is 1.50 bits per heavy atom. The summed E-state index contributed by atoms with van der Waals surface area (Å²) in [5.41, 5.74) is 2.80. The molecule has 1 aliphatic heterocycles. The zero-order valence-corrected chi connectivity index (χ0v) is 14.6. The first-order valence-electron chi connectivity index (χ1n) is 8.93. The lowest BCUT2D eigenvalue weighted by Gasteiger charge is -2.45. The van der Waals surface area contributed by atoms with Gasteiger partial charge in [0.1, 0.15) is 0 Å². The summed E-state index contributed by atoms with van der Waals surface area (Å²) in [5.74, 6) is 0. The van der Waals surface area contributed by atoms with Gasteiger partial charge in [-0.05, 0) is 24.5 Å². The van der Waals surface area contributed by atoms with Gasteiger partial charge in [0, 0.05) is 38.3 Å². The Bertz CT molecular complexity index is 623. The zero-order chi connectivity index (χ0) is 16.8. The number of hydrogen-bond acceptors (Lipinski definition) is 2. The average Bonchev–Trinajstić information content (AvgIpc) is 2.60. The van der Waals surface area contributed by atoms with Crippen molar-refractivity contribution in [1.29, 1.82) is 0 Å². The molecule has 1 aliphatic rings. The van der Waals surface area contributed by atoms with Crippen LogP contribution in [0.1, 0.15) is 24.5 Å². The quantitative estimate of drug-likeness (QED) is 0.731. The molecular formula is C22H28N2. The summed E-state index contributed by atoms with van der Waals surface area (Å²) in [6.45, 7) is 10.6. The maximum atomic E-state index is 3.99. The first-order valence-corrected chi connectivity index (χ1v) is 8.93. The van der Waals surface area contributed by atoms with Crippen molar-refractivity contribution >= 4 is 0 Å². The Hall–Kier alpha value is -1.90. The van der Waals surface area contributed by atoms with Crippen LogP contribution in [0, 0.1) is 0 Å². The third kappa shape index (κ3) is 4.34. The standard InChI is InChI=1S/C22H28N2/c1-3-10-22-18-23(16-20-11-6-4-7-12-20)15-19(2)24(22)17-21-13-8-5-9-14-21/h3-9,11-14,19,22H,1,10,15-18H2,2H3. The van der Waals surface area contributed by atoms with Crippen molar-refractivity contribution in [2.75, 3.05) is 13.1 Å². The Morgan fingerprint density at radius 1 is 0.917 bits per heavy atom. The molecule has 0 amide bonds. The minimum atomic E-state index is 0.537. The van der Waals surface area contributed by atoms with Gasteiger partial charge in [-0.25, -0.2) is 0 Å². The van der Waals surface area contributed by atoms with E-state index >= 15 is 0 Å². The van der Waals surface area contributed by atoms with Gasteiger partial charge < -0.3 is 0 Å². The fraction of sp³-hybridized carbons (Fsp3) is 0.364. The van der Waals surface area contributed by atoms with Crippen LogP contribution in [0.15, 0.2) is 73.3 Å². The molecule has 126 valence electrons. The Kier molecular flexibility index (Phi) is 5.84. The van der Waals surface area contributed by atoms with E-state index in [9.17, 15) is 0 Å². The van der Waals surface area contributed by atoms with Crippen LogP contribution in [0.3, 0.4) is 0 Å². The van der Waals surface area contributed by atoms with Crippen molar-refractivity contribution in [2.45, 2.75) is 38.5 Å². The molecule has 24 heavy (non-hydrogen) atoms. The summed E-state index contributed by atoms with van der Waals surface area (Å²) >= 11 is 0. The summed E-state index contributed by atoms with van der Waals surface area (Å²) in [7, 11) is 0. The average molecular weight is 320 g/mol. The minimum absolute atomic E-state index is 0.537. The van der Waals surface area contributed by atoms with Crippen molar-refractivity contribution in [3.8, 4) is 0 Å². The van der Waals surface area contributed by atoms with Crippen LogP contribution in [-0.4, -0.2) is 35.0 Å². The molecule has 2 atom stereocenters. The second-order valence-corrected chi connectivity index (χ2v) is 6.86. The fourth-order valence-corrected chi connectivity index (χ4v) is 3.77. The van der Waals surface area contributed by atoms with Gasteiger partial charge in [-0.1, -0.05) is 66.7 Å². The molecule has 0 aromatic heterocycles. The predicted molar refractivity (Wildman–Crippen MR) is 102 cm³/mol. The van der Waals surface area contributed by atoms with Crippen LogP contribution >= 0.6 is 0 Å². The monoisotopic (exact) mass is 320 g/mol. The van der Waals surface area contributed by atoms with Crippen molar-refractivity contribution in [3.63, 3.8) is 0 Å². The molecule has 2 heteroatoms. The second kappa shape index (κ2) is 8.27. The van der Waals surface area contributed by atoms with E-state index in [1.807, 2.05) is 0 Å². The lowest BCUT2D eigenvalue weighted by molar-refractivity contribution is 0.0222. The van der Waals surface area contributed by atoms with Gasteiger partial charge in [0.2, 0.25) is 0 Å². The maximum absolute atomic E-state index is 3.99. The van der Waals surface area contributed by atoms with Crippen LogP contribution in [0.5, 0.6) is 0 Å². The zero-order valence-electron chi connectivity index (χ0n) is 14.6. The third-order valence-corrected chi connectivity index (χ3v) is 4.92. The molecule has 3 rings (SSSR count). The van der Waals surface area contributed by atoms with E-state index in [0.29, 0.717) is 12.1 Å². The van der Waals surface area contributed by atoms with Gasteiger partial charge in [0.15, 0.2) is 0 Å². The number of rotatable bonds is 6. The van der Waals surface area contributed by atoms with E-state index in [2.05, 4.69) is 90.0 Å². The highest BCUT2D eigenvalue weighted by atomic mass is 15.3. The second-order valence-electron chi connectivity index (χ2n) is 6.86. The first kappa shape index (κ1) is 16.9. The smallest absolute Gasteiger partial charge is 0.0264 e. The number of hydrogen-bond donors (Lipinski definition) is 0. The molecule has 2 nitrogen and oxygen atoms in total. The van der Waals surface area contributed by atoms with Gasteiger partial charge in [-0.3, -0.25) is 9.80 Å². The van der Waals surface area contributed by atoms with E-state index in [-0.39, 0.29) is 0 Å². The number of benzene rings is 2. The van der Waals surface area contributed by atoms with E-state index in [0.717, 1.165) is 32.6 Å². The molecule has 0 saturated carbocycles. The molecule has 0 bridgehead atoms. The SMILES string of the molecule is C=CCC1CN(Cc2ccccc2)CC(C)N1Cc1ccccc1. The molecule has 2 unspecified atom stereocenters. The molecule has 1 heterocycles. The summed E-state index contributed by atoms with van der Waals surface area (Å²) in [4.78, 5) is 5.24. The molecule has 2 aromatic rings. The lowest BCUT2D eigenvalue weighted by atomic mass is 10.0. The Balaban J connectivity index is 1.69. The van der Waals surface area contributed by atoms with Gasteiger partial charge in [-0.2, -0.15) is 0 Å². The van der Waals surface area contributed by atoms with E-state index < -0.39 is 0 Å². The van der Waals surface area contributed by atoms with Gasteiger partial charge in [0.25, 0.3) is 0 Å². The molecule has 0 spiro atoms. The third-order valence-electron chi connectivity index (χ3n) is 4.92. The predicted octanol–water partition coefficient (Wildman–Crippen LogP) is 4.34. The van der Waals surface area contributed by atoms with Crippen molar-refractivity contribution < 1.29 is 0 Å². The van der Waals surface area contributed by atoms with E-state index in [1.165, 1.54) is 11.1 Å². The number of piperazine rings is 1. The normalized spacial score (nSPS) is 22.4. The summed E-state index contributed by atoms with van der Waals surface area (Å²) in [5, 5.41) is 0. The van der Waals surface area contributed by atoms with Crippen molar-refractivity contribution in [1.82, 2.24) is 9.80 Å². The molecule has 1 fully saturated rings. The minimum Gasteiger partial charge on any atom is -0.296 e.